The Morgan fingerprint density at radius 2 is 1.66 bits per heavy atom. The van der Waals surface area contributed by atoms with Crippen LogP contribution in [0.25, 0.3) is 10.9 Å². The number of benzene rings is 1. The zero-order chi connectivity index (χ0) is 20.1. The molecule has 29 heavy (non-hydrogen) atoms. The van der Waals surface area contributed by atoms with Crippen LogP contribution >= 0.6 is 0 Å². The summed E-state index contributed by atoms with van der Waals surface area (Å²) in [5.41, 5.74) is 0.328. The SMILES string of the molecule is O=C(Cn1cnc2ccccc2c1=O)N1CC(N2C(=O)[C@@H]3CC=CC[C@H]3C2=O)C1. The molecule has 0 spiro atoms. The Hall–Kier alpha value is -3.29. The summed E-state index contributed by atoms with van der Waals surface area (Å²) < 4.78 is 1.30. The van der Waals surface area contributed by atoms with Crippen molar-refractivity contribution in [3.05, 3.63) is 53.1 Å². The molecule has 5 rings (SSSR count). The Kier molecular flexibility index (Phi) is 4.08. The maximum Gasteiger partial charge on any atom is 0.261 e. The minimum absolute atomic E-state index is 0.111. The number of carbonyl (C=O) groups excluding carboxylic acids is 3. The van der Waals surface area contributed by atoms with Crippen molar-refractivity contribution in [2.24, 2.45) is 11.8 Å². The van der Waals surface area contributed by atoms with E-state index >= 15 is 0 Å². The first kappa shape index (κ1) is 17.8. The Balaban J connectivity index is 1.25. The number of allylic oxidation sites excluding steroid dienone is 2. The van der Waals surface area contributed by atoms with E-state index in [2.05, 4.69) is 4.98 Å². The topological polar surface area (TPSA) is 92.6 Å². The third kappa shape index (κ3) is 2.78. The molecule has 1 aromatic heterocycles. The molecule has 2 fully saturated rings. The zero-order valence-electron chi connectivity index (χ0n) is 15.7. The highest BCUT2D eigenvalue weighted by Gasteiger charge is 2.52. The lowest BCUT2D eigenvalue weighted by Gasteiger charge is -2.43. The highest BCUT2D eigenvalue weighted by molar-refractivity contribution is 6.06. The molecule has 2 aliphatic heterocycles. The van der Waals surface area contributed by atoms with Crippen molar-refractivity contribution >= 4 is 28.6 Å². The lowest BCUT2D eigenvalue weighted by atomic mass is 9.85. The first-order chi connectivity index (χ1) is 14.0. The number of nitrogens with zero attached hydrogens (tertiary/aromatic N) is 4. The number of likely N-dealkylation sites (tertiary alicyclic amines) is 2. The van der Waals surface area contributed by atoms with E-state index in [0.29, 0.717) is 36.8 Å². The van der Waals surface area contributed by atoms with Crippen molar-refractivity contribution < 1.29 is 14.4 Å². The van der Waals surface area contributed by atoms with Crippen molar-refractivity contribution in [1.82, 2.24) is 19.4 Å². The van der Waals surface area contributed by atoms with Crippen molar-refractivity contribution in [3.63, 3.8) is 0 Å². The predicted octanol–water partition coefficient (Wildman–Crippen LogP) is 0.558. The maximum atomic E-state index is 12.6. The fraction of sp³-hybridized carbons (Fsp3) is 0.381. The van der Waals surface area contributed by atoms with Gasteiger partial charge in [0.25, 0.3) is 5.56 Å². The van der Waals surface area contributed by atoms with E-state index in [1.54, 1.807) is 29.2 Å². The van der Waals surface area contributed by atoms with Gasteiger partial charge in [-0.15, -0.1) is 0 Å². The molecule has 0 radical (unpaired) electrons. The second-order valence-electron chi connectivity index (χ2n) is 7.85. The molecule has 3 aliphatic rings. The number of amides is 3. The van der Waals surface area contributed by atoms with Crippen LogP contribution in [0.15, 0.2) is 47.5 Å². The molecule has 8 heteroatoms. The summed E-state index contributed by atoms with van der Waals surface area (Å²) in [4.78, 5) is 57.6. The third-order valence-electron chi connectivity index (χ3n) is 6.16. The van der Waals surface area contributed by atoms with E-state index in [1.807, 2.05) is 12.2 Å². The van der Waals surface area contributed by atoms with E-state index in [0.717, 1.165) is 0 Å². The summed E-state index contributed by atoms with van der Waals surface area (Å²) in [6.45, 7) is 0.526. The van der Waals surface area contributed by atoms with E-state index < -0.39 is 0 Å². The number of fused-ring (bicyclic) bond motifs is 2. The Bertz CT molecular complexity index is 1090. The lowest BCUT2D eigenvalue weighted by Crippen LogP contribution is -2.63. The zero-order valence-corrected chi connectivity index (χ0v) is 15.7. The minimum Gasteiger partial charge on any atom is -0.337 e. The van der Waals surface area contributed by atoms with Crippen molar-refractivity contribution in [2.45, 2.75) is 25.4 Å². The number of rotatable bonds is 3. The van der Waals surface area contributed by atoms with E-state index in [4.69, 9.17) is 0 Å². The number of aromatic nitrogens is 2. The molecule has 2 atom stereocenters. The summed E-state index contributed by atoms with van der Waals surface area (Å²) in [5.74, 6) is -0.953. The number of hydrogen-bond acceptors (Lipinski definition) is 5. The van der Waals surface area contributed by atoms with Gasteiger partial charge in [0.2, 0.25) is 17.7 Å². The van der Waals surface area contributed by atoms with E-state index in [9.17, 15) is 19.2 Å². The highest BCUT2D eigenvalue weighted by atomic mass is 16.2. The number of para-hydroxylation sites is 1. The van der Waals surface area contributed by atoms with Gasteiger partial charge >= 0.3 is 0 Å². The largest absolute Gasteiger partial charge is 0.337 e. The molecule has 0 N–H and O–H groups in total. The van der Waals surface area contributed by atoms with Crippen molar-refractivity contribution in [3.8, 4) is 0 Å². The van der Waals surface area contributed by atoms with Crippen LogP contribution in [0.2, 0.25) is 0 Å². The fourth-order valence-corrected chi connectivity index (χ4v) is 4.47. The van der Waals surface area contributed by atoms with Gasteiger partial charge in [0.1, 0.15) is 6.54 Å². The van der Waals surface area contributed by atoms with E-state index in [-0.39, 0.29) is 47.7 Å². The minimum atomic E-state index is -0.268. The third-order valence-corrected chi connectivity index (χ3v) is 6.16. The van der Waals surface area contributed by atoms with Crippen LogP contribution in [0.5, 0.6) is 0 Å². The quantitative estimate of drug-likeness (QED) is 0.562. The van der Waals surface area contributed by atoms with Gasteiger partial charge in [-0.1, -0.05) is 24.3 Å². The van der Waals surface area contributed by atoms with Gasteiger partial charge in [-0.3, -0.25) is 28.6 Å². The number of imide groups is 1. The lowest BCUT2D eigenvalue weighted by molar-refractivity contribution is -0.153. The molecular formula is C21H20N4O4. The molecule has 0 saturated carbocycles. The molecule has 0 unspecified atom stereocenters. The van der Waals surface area contributed by atoms with Crippen LogP contribution < -0.4 is 5.56 Å². The number of carbonyl (C=O) groups is 3. The standard InChI is InChI=1S/C21H20N4O4/c26-18(11-24-12-22-17-8-4-3-7-16(17)19(24)27)23-9-13(10-23)25-20(28)14-5-1-2-6-15(14)21(25)29/h1-4,7-8,12-15H,5-6,9-11H2/t14-,15-/m1/s1. The highest BCUT2D eigenvalue weighted by Crippen LogP contribution is 2.37. The molecule has 0 bridgehead atoms. The van der Waals surface area contributed by atoms with Crippen LogP contribution in [0.1, 0.15) is 12.8 Å². The molecule has 3 amide bonds. The van der Waals surface area contributed by atoms with Crippen LogP contribution in [0.3, 0.4) is 0 Å². The number of hydrogen-bond donors (Lipinski definition) is 0. The summed E-state index contributed by atoms with van der Waals surface area (Å²) >= 11 is 0. The summed E-state index contributed by atoms with van der Waals surface area (Å²) in [6.07, 6.45) is 6.52. The monoisotopic (exact) mass is 392 g/mol. The normalized spacial score (nSPS) is 24.1. The van der Waals surface area contributed by atoms with Gasteiger partial charge in [-0.25, -0.2) is 4.98 Å². The van der Waals surface area contributed by atoms with Gasteiger partial charge in [0.05, 0.1) is 35.1 Å². The van der Waals surface area contributed by atoms with Crippen molar-refractivity contribution in [2.75, 3.05) is 13.1 Å². The van der Waals surface area contributed by atoms with Gasteiger partial charge in [0.15, 0.2) is 0 Å². The van der Waals surface area contributed by atoms with Crippen molar-refractivity contribution in [1.29, 1.82) is 0 Å². The molecule has 2 aromatic rings. The van der Waals surface area contributed by atoms with Gasteiger partial charge < -0.3 is 4.90 Å². The molecule has 148 valence electrons. The second kappa shape index (κ2) is 6.65. The summed E-state index contributed by atoms with van der Waals surface area (Å²) in [6, 6.07) is 6.73. The van der Waals surface area contributed by atoms with E-state index in [1.165, 1.54) is 15.8 Å². The van der Waals surface area contributed by atoms with Gasteiger partial charge in [-0.05, 0) is 25.0 Å². The van der Waals surface area contributed by atoms with Crippen LogP contribution in [0.4, 0.5) is 0 Å². The Morgan fingerprint density at radius 3 is 2.34 bits per heavy atom. The smallest absolute Gasteiger partial charge is 0.261 e. The molecule has 3 heterocycles. The molecular weight excluding hydrogens is 372 g/mol. The average molecular weight is 392 g/mol. The fourth-order valence-electron chi connectivity index (χ4n) is 4.47. The molecule has 8 nitrogen and oxygen atoms in total. The average Bonchev–Trinajstić information content (AvgIpc) is 2.95. The molecule has 1 aromatic carbocycles. The first-order valence-corrected chi connectivity index (χ1v) is 9.78. The molecule has 1 aliphatic carbocycles. The first-order valence-electron chi connectivity index (χ1n) is 9.78. The Labute approximate surface area is 166 Å². The molecule has 2 saturated heterocycles. The van der Waals surface area contributed by atoms with Crippen LogP contribution in [-0.4, -0.2) is 56.2 Å². The summed E-state index contributed by atoms with van der Waals surface area (Å²) in [7, 11) is 0. The van der Waals surface area contributed by atoms with Crippen LogP contribution in [0, 0.1) is 11.8 Å². The second-order valence-corrected chi connectivity index (χ2v) is 7.85. The predicted molar refractivity (Wildman–Crippen MR) is 104 cm³/mol. The maximum absolute atomic E-state index is 12.6. The van der Waals surface area contributed by atoms with Crippen LogP contribution in [-0.2, 0) is 20.9 Å². The summed E-state index contributed by atoms with van der Waals surface area (Å²) in [5, 5.41) is 0.466. The van der Waals surface area contributed by atoms with Gasteiger partial charge in [0, 0.05) is 13.1 Å². The van der Waals surface area contributed by atoms with Gasteiger partial charge in [-0.2, -0.15) is 0 Å². The Morgan fingerprint density at radius 1 is 1.00 bits per heavy atom.